The third-order valence-corrected chi connectivity index (χ3v) is 4.62. The summed E-state index contributed by atoms with van der Waals surface area (Å²) < 4.78 is 5.36. The van der Waals surface area contributed by atoms with Crippen molar-refractivity contribution >= 4 is 22.8 Å². The molecule has 0 saturated carbocycles. The first kappa shape index (κ1) is 16.5. The highest BCUT2D eigenvalue weighted by molar-refractivity contribution is 6.05. The Morgan fingerprint density at radius 3 is 2.92 bits per heavy atom. The van der Waals surface area contributed by atoms with Gasteiger partial charge in [0.25, 0.3) is 5.91 Å². The number of pyridine rings is 2. The number of carbonyl (C=O) groups is 1. The lowest BCUT2D eigenvalue weighted by Crippen LogP contribution is -2.22. The van der Waals surface area contributed by atoms with Gasteiger partial charge in [-0.2, -0.15) is 5.10 Å². The number of aromatic amines is 2. The van der Waals surface area contributed by atoms with Crippen LogP contribution in [0.3, 0.4) is 0 Å². The van der Waals surface area contributed by atoms with Gasteiger partial charge in [-0.3, -0.25) is 14.7 Å². The van der Waals surface area contributed by atoms with E-state index in [2.05, 4.69) is 25.5 Å². The first-order chi connectivity index (χ1) is 12.6. The zero-order chi connectivity index (χ0) is 18.1. The molecule has 3 N–H and O–H groups in total. The van der Waals surface area contributed by atoms with Gasteiger partial charge in [-0.05, 0) is 31.9 Å². The van der Waals surface area contributed by atoms with Crippen LogP contribution in [-0.2, 0) is 4.74 Å². The smallest absolute Gasteiger partial charge is 0.262 e. The number of ether oxygens (including phenoxy) is 1. The molecule has 3 aromatic heterocycles. The standard InChI is InChI=1S/C18H19N5O3/c1-10-2-3-12-16(24)13(9-19-17(12)20-10)18(25)21-15-8-14(22-23-15)11-4-6-26-7-5-11/h2-3,8-9,11H,4-7H2,1H3,(H,19,20,24)(H2,21,22,23,25). The molecule has 134 valence electrons. The molecule has 0 unspecified atom stereocenters. The number of aryl methyl sites for hydroxylation is 1. The number of nitrogens with zero attached hydrogens (tertiary/aromatic N) is 2. The number of aromatic nitrogens is 4. The van der Waals surface area contributed by atoms with Gasteiger partial charge in [-0.1, -0.05) is 0 Å². The van der Waals surface area contributed by atoms with Crippen LogP contribution >= 0.6 is 0 Å². The zero-order valence-electron chi connectivity index (χ0n) is 14.3. The second-order valence-corrected chi connectivity index (χ2v) is 6.43. The van der Waals surface area contributed by atoms with Crippen molar-refractivity contribution in [2.45, 2.75) is 25.7 Å². The maximum atomic E-state index is 12.6. The number of hydrogen-bond acceptors (Lipinski definition) is 5. The fourth-order valence-electron chi connectivity index (χ4n) is 3.17. The van der Waals surface area contributed by atoms with Crippen LogP contribution < -0.4 is 10.7 Å². The molecule has 1 amide bonds. The highest BCUT2D eigenvalue weighted by Crippen LogP contribution is 2.26. The number of nitrogens with one attached hydrogen (secondary N) is 3. The summed E-state index contributed by atoms with van der Waals surface area (Å²) in [7, 11) is 0. The molecule has 8 nitrogen and oxygen atoms in total. The van der Waals surface area contributed by atoms with Gasteiger partial charge in [-0.15, -0.1) is 0 Å². The minimum atomic E-state index is -0.501. The fraction of sp³-hybridized carbons (Fsp3) is 0.333. The SMILES string of the molecule is Cc1ccc2c(=O)c(C(=O)Nc3cc(C4CCOCC4)[nH]n3)c[nH]c2n1. The first-order valence-corrected chi connectivity index (χ1v) is 8.55. The summed E-state index contributed by atoms with van der Waals surface area (Å²) >= 11 is 0. The van der Waals surface area contributed by atoms with Crippen molar-refractivity contribution in [3.63, 3.8) is 0 Å². The van der Waals surface area contributed by atoms with Crippen LogP contribution in [0.2, 0.25) is 0 Å². The largest absolute Gasteiger partial charge is 0.381 e. The Morgan fingerprint density at radius 1 is 1.31 bits per heavy atom. The van der Waals surface area contributed by atoms with Crippen molar-refractivity contribution in [3.05, 3.63) is 51.6 Å². The summed E-state index contributed by atoms with van der Waals surface area (Å²) in [6.07, 6.45) is 3.23. The van der Waals surface area contributed by atoms with Crippen LogP contribution in [0.1, 0.15) is 40.5 Å². The van der Waals surface area contributed by atoms with Crippen LogP contribution in [0, 0.1) is 6.92 Å². The molecule has 3 aromatic rings. The number of hydrogen-bond donors (Lipinski definition) is 3. The van der Waals surface area contributed by atoms with E-state index >= 15 is 0 Å². The van der Waals surface area contributed by atoms with Crippen molar-refractivity contribution in [2.75, 3.05) is 18.5 Å². The third-order valence-electron chi connectivity index (χ3n) is 4.62. The Hall–Kier alpha value is -3.00. The van der Waals surface area contributed by atoms with E-state index in [1.165, 1.54) is 6.20 Å². The summed E-state index contributed by atoms with van der Waals surface area (Å²) in [5.74, 6) is 0.247. The third kappa shape index (κ3) is 3.11. The van der Waals surface area contributed by atoms with E-state index < -0.39 is 5.91 Å². The first-order valence-electron chi connectivity index (χ1n) is 8.55. The molecule has 26 heavy (non-hydrogen) atoms. The molecule has 8 heteroatoms. The number of rotatable bonds is 3. The predicted octanol–water partition coefficient (Wildman–Crippen LogP) is 2.10. The molecule has 4 rings (SSSR count). The van der Waals surface area contributed by atoms with Crippen LogP contribution in [0.4, 0.5) is 5.82 Å². The number of H-pyrrole nitrogens is 2. The molecule has 1 aliphatic heterocycles. The number of anilines is 1. The topological polar surface area (TPSA) is 113 Å². The fourth-order valence-corrected chi connectivity index (χ4v) is 3.17. The van der Waals surface area contributed by atoms with E-state index in [1.807, 2.05) is 13.0 Å². The molecular weight excluding hydrogens is 334 g/mol. The van der Waals surface area contributed by atoms with Gasteiger partial charge in [0.05, 0.1) is 5.39 Å². The van der Waals surface area contributed by atoms with E-state index in [0.29, 0.717) is 22.8 Å². The molecule has 1 aliphatic rings. The highest BCUT2D eigenvalue weighted by atomic mass is 16.5. The zero-order valence-corrected chi connectivity index (χ0v) is 14.3. The molecule has 0 aromatic carbocycles. The van der Waals surface area contributed by atoms with Gasteiger partial charge in [0.15, 0.2) is 5.82 Å². The lowest BCUT2D eigenvalue weighted by Gasteiger charge is -2.20. The summed E-state index contributed by atoms with van der Waals surface area (Å²) in [6.45, 7) is 3.29. The molecular formula is C18H19N5O3. The second-order valence-electron chi connectivity index (χ2n) is 6.43. The molecule has 0 radical (unpaired) electrons. The maximum Gasteiger partial charge on any atom is 0.262 e. The monoisotopic (exact) mass is 353 g/mol. The normalized spacial score (nSPS) is 15.3. The van der Waals surface area contributed by atoms with Crippen LogP contribution in [0.5, 0.6) is 0 Å². The quantitative estimate of drug-likeness (QED) is 0.667. The Bertz CT molecular complexity index is 1020. The van der Waals surface area contributed by atoms with E-state index in [1.54, 1.807) is 12.1 Å². The van der Waals surface area contributed by atoms with E-state index in [4.69, 9.17) is 4.74 Å². The Morgan fingerprint density at radius 2 is 2.12 bits per heavy atom. The van der Waals surface area contributed by atoms with E-state index in [9.17, 15) is 9.59 Å². The predicted molar refractivity (Wildman–Crippen MR) is 96.4 cm³/mol. The molecule has 0 aliphatic carbocycles. The number of amides is 1. The van der Waals surface area contributed by atoms with Gasteiger partial charge in [0.1, 0.15) is 11.2 Å². The van der Waals surface area contributed by atoms with Crippen molar-refractivity contribution < 1.29 is 9.53 Å². The van der Waals surface area contributed by atoms with Crippen LogP contribution in [0.15, 0.2) is 29.2 Å². The summed E-state index contributed by atoms with van der Waals surface area (Å²) in [4.78, 5) is 32.2. The maximum absolute atomic E-state index is 12.6. The Kier molecular flexibility index (Phi) is 4.26. The van der Waals surface area contributed by atoms with Crippen molar-refractivity contribution in [1.82, 2.24) is 20.2 Å². The van der Waals surface area contributed by atoms with Gasteiger partial charge < -0.3 is 15.0 Å². The lowest BCUT2D eigenvalue weighted by molar-refractivity contribution is 0.0845. The summed E-state index contributed by atoms with van der Waals surface area (Å²) in [5.41, 5.74) is 1.90. The van der Waals surface area contributed by atoms with Gasteiger partial charge >= 0.3 is 0 Å². The minimum absolute atomic E-state index is 0.0266. The van der Waals surface area contributed by atoms with Crippen molar-refractivity contribution in [1.29, 1.82) is 0 Å². The average molecular weight is 353 g/mol. The Labute approximate surface area is 149 Å². The van der Waals surface area contributed by atoms with E-state index in [0.717, 1.165) is 37.4 Å². The molecule has 0 bridgehead atoms. The summed E-state index contributed by atoms with van der Waals surface area (Å²) in [6, 6.07) is 5.23. The van der Waals surface area contributed by atoms with E-state index in [-0.39, 0.29) is 11.0 Å². The van der Waals surface area contributed by atoms with Crippen LogP contribution in [-0.4, -0.2) is 39.3 Å². The van der Waals surface area contributed by atoms with Crippen LogP contribution in [0.25, 0.3) is 11.0 Å². The molecule has 1 saturated heterocycles. The van der Waals surface area contributed by atoms with Gasteiger partial charge in [0.2, 0.25) is 5.43 Å². The second kappa shape index (κ2) is 6.72. The summed E-state index contributed by atoms with van der Waals surface area (Å²) in [5, 5.41) is 10.2. The van der Waals surface area contributed by atoms with Gasteiger partial charge in [0, 0.05) is 42.8 Å². The minimum Gasteiger partial charge on any atom is -0.381 e. The molecule has 0 spiro atoms. The Balaban J connectivity index is 1.56. The molecule has 1 fully saturated rings. The average Bonchev–Trinajstić information content (AvgIpc) is 3.11. The van der Waals surface area contributed by atoms with Crippen molar-refractivity contribution in [2.24, 2.45) is 0 Å². The number of fused-ring (bicyclic) bond motifs is 1. The number of carbonyl (C=O) groups excluding carboxylic acids is 1. The molecule has 4 heterocycles. The van der Waals surface area contributed by atoms with Gasteiger partial charge in [-0.25, -0.2) is 4.98 Å². The molecule has 0 atom stereocenters. The highest BCUT2D eigenvalue weighted by Gasteiger charge is 2.20. The van der Waals surface area contributed by atoms with Crippen molar-refractivity contribution in [3.8, 4) is 0 Å². The lowest BCUT2D eigenvalue weighted by atomic mass is 9.97.